The lowest BCUT2D eigenvalue weighted by Gasteiger charge is -2.38. The Morgan fingerprint density at radius 1 is 1.50 bits per heavy atom. The van der Waals surface area contributed by atoms with Crippen LogP contribution in [0.2, 0.25) is 0 Å². The van der Waals surface area contributed by atoms with Gasteiger partial charge in [-0.1, -0.05) is 6.07 Å². The predicted octanol–water partition coefficient (Wildman–Crippen LogP) is 1.47. The zero-order chi connectivity index (χ0) is 14.2. The van der Waals surface area contributed by atoms with E-state index in [0.29, 0.717) is 6.04 Å². The van der Waals surface area contributed by atoms with Crippen LogP contribution in [0.3, 0.4) is 0 Å². The molecule has 4 nitrogen and oxygen atoms in total. The van der Waals surface area contributed by atoms with Crippen LogP contribution in [0.1, 0.15) is 31.7 Å². The van der Waals surface area contributed by atoms with E-state index in [1.54, 1.807) is 0 Å². The van der Waals surface area contributed by atoms with E-state index in [2.05, 4.69) is 34.8 Å². The smallest absolute Gasteiger partial charge is 0.0473 e. The average molecular weight is 274 g/mol. The molecule has 110 valence electrons. The van der Waals surface area contributed by atoms with E-state index in [1.807, 2.05) is 18.5 Å². The van der Waals surface area contributed by atoms with Gasteiger partial charge in [0.05, 0.1) is 0 Å². The van der Waals surface area contributed by atoms with Crippen molar-refractivity contribution in [3.63, 3.8) is 0 Å². The number of rotatable bonds is 5. The molecular formula is C16H26N4. The van der Waals surface area contributed by atoms with Crippen molar-refractivity contribution in [1.82, 2.24) is 14.8 Å². The maximum Gasteiger partial charge on any atom is 0.0473 e. The number of hydrogen-bond donors (Lipinski definition) is 1. The summed E-state index contributed by atoms with van der Waals surface area (Å²) < 4.78 is 0. The molecule has 20 heavy (non-hydrogen) atoms. The normalized spacial score (nSPS) is 31.1. The number of pyridine rings is 1. The molecule has 1 saturated heterocycles. The topological polar surface area (TPSA) is 45.4 Å². The Bertz CT molecular complexity index is 445. The molecule has 4 heteroatoms. The van der Waals surface area contributed by atoms with Gasteiger partial charge >= 0.3 is 0 Å². The first-order chi connectivity index (χ1) is 9.64. The molecule has 1 aromatic rings. The third-order valence-corrected chi connectivity index (χ3v) is 5.07. The third-order valence-electron chi connectivity index (χ3n) is 5.07. The summed E-state index contributed by atoms with van der Waals surface area (Å²) in [5.74, 6) is 0. The number of aromatic nitrogens is 1. The Morgan fingerprint density at radius 3 is 2.90 bits per heavy atom. The van der Waals surface area contributed by atoms with Gasteiger partial charge in [0, 0.05) is 49.7 Å². The third kappa shape index (κ3) is 2.60. The molecule has 0 bridgehead atoms. The molecule has 1 aliphatic heterocycles. The van der Waals surface area contributed by atoms with Gasteiger partial charge in [0.15, 0.2) is 0 Å². The first-order valence-electron chi connectivity index (χ1n) is 7.70. The number of nitrogens with zero attached hydrogens (tertiary/aromatic N) is 3. The van der Waals surface area contributed by atoms with Gasteiger partial charge in [-0.05, 0) is 44.9 Å². The van der Waals surface area contributed by atoms with E-state index >= 15 is 0 Å². The summed E-state index contributed by atoms with van der Waals surface area (Å²) in [5, 5.41) is 0. The summed E-state index contributed by atoms with van der Waals surface area (Å²) in [6.07, 6.45) is 7.71. The molecule has 1 aliphatic carbocycles. The molecule has 0 aromatic carbocycles. The molecule has 0 amide bonds. The van der Waals surface area contributed by atoms with Crippen LogP contribution >= 0.6 is 0 Å². The minimum atomic E-state index is 0.123. The fourth-order valence-electron chi connectivity index (χ4n) is 3.64. The van der Waals surface area contributed by atoms with Crippen LogP contribution in [0.15, 0.2) is 24.5 Å². The maximum absolute atomic E-state index is 6.18. The van der Waals surface area contributed by atoms with Crippen molar-refractivity contribution in [3.05, 3.63) is 30.1 Å². The van der Waals surface area contributed by atoms with E-state index in [1.165, 1.54) is 24.8 Å². The van der Waals surface area contributed by atoms with Crippen molar-refractivity contribution in [1.29, 1.82) is 0 Å². The molecule has 2 aliphatic rings. The lowest BCUT2D eigenvalue weighted by molar-refractivity contribution is 0.120. The molecule has 2 N–H and O–H groups in total. The highest BCUT2D eigenvalue weighted by Crippen LogP contribution is 2.39. The molecule has 1 aromatic heterocycles. The molecule has 3 rings (SSSR count). The largest absolute Gasteiger partial charge is 0.329 e. The van der Waals surface area contributed by atoms with Crippen LogP contribution in [-0.4, -0.2) is 52.5 Å². The number of hydrogen-bond acceptors (Lipinski definition) is 4. The van der Waals surface area contributed by atoms with Gasteiger partial charge in [-0.3, -0.25) is 14.8 Å². The number of likely N-dealkylation sites (tertiary alicyclic amines) is 1. The second-order valence-electron chi connectivity index (χ2n) is 6.60. The quantitative estimate of drug-likeness (QED) is 0.883. The van der Waals surface area contributed by atoms with Crippen molar-refractivity contribution in [2.75, 3.05) is 20.1 Å². The lowest BCUT2D eigenvalue weighted by atomic mass is 9.94. The monoisotopic (exact) mass is 274 g/mol. The Morgan fingerprint density at radius 2 is 2.30 bits per heavy atom. The average Bonchev–Trinajstić information content (AvgIpc) is 3.24. The first-order valence-corrected chi connectivity index (χ1v) is 7.70. The van der Waals surface area contributed by atoms with Crippen molar-refractivity contribution in [3.8, 4) is 0 Å². The minimum Gasteiger partial charge on any atom is -0.329 e. The van der Waals surface area contributed by atoms with E-state index < -0.39 is 0 Å². The summed E-state index contributed by atoms with van der Waals surface area (Å²) >= 11 is 0. The first kappa shape index (κ1) is 14.0. The summed E-state index contributed by atoms with van der Waals surface area (Å²) in [5.41, 5.74) is 7.57. The van der Waals surface area contributed by atoms with Crippen molar-refractivity contribution in [2.45, 2.75) is 50.4 Å². The standard InChI is InChI=1S/C16H26N4/c1-13-8-16(11-17,12-20(13)15-5-6-15)19(2)10-14-4-3-7-18-9-14/h3-4,7,9,13,15H,5-6,8,10-12,17H2,1-2H3. The highest BCUT2D eigenvalue weighted by Gasteiger charge is 2.48. The Hall–Kier alpha value is -0.970. The predicted molar refractivity (Wildman–Crippen MR) is 81.3 cm³/mol. The fourth-order valence-corrected chi connectivity index (χ4v) is 3.64. The van der Waals surface area contributed by atoms with Crippen LogP contribution in [0.5, 0.6) is 0 Å². The summed E-state index contributed by atoms with van der Waals surface area (Å²) in [6, 6.07) is 5.63. The molecule has 1 saturated carbocycles. The molecular weight excluding hydrogens is 248 g/mol. The Labute approximate surface area is 122 Å². The van der Waals surface area contributed by atoms with E-state index in [-0.39, 0.29) is 5.54 Å². The molecule has 0 radical (unpaired) electrons. The zero-order valence-electron chi connectivity index (χ0n) is 12.6. The maximum atomic E-state index is 6.18. The number of nitrogens with two attached hydrogens (primary N) is 1. The van der Waals surface area contributed by atoms with Gasteiger partial charge in [0.25, 0.3) is 0 Å². The van der Waals surface area contributed by atoms with Crippen LogP contribution in [0.4, 0.5) is 0 Å². The van der Waals surface area contributed by atoms with Gasteiger partial charge in [0.1, 0.15) is 0 Å². The minimum absolute atomic E-state index is 0.123. The second-order valence-corrected chi connectivity index (χ2v) is 6.60. The molecule has 2 fully saturated rings. The van der Waals surface area contributed by atoms with Gasteiger partial charge < -0.3 is 5.73 Å². The van der Waals surface area contributed by atoms with Gasteiger partial charge in [-0.15, -0.1) is 0 Å². The lowest BCUT2D eigenvalue weighted by Crippen LogP contribution is -2.53. The zero-order valence-corrected chi connectivity index (χ0v) is 12.6. The summed E-state index contributed by atoms with van der Waals surface area (Å²) in [6.45, 7) is 5.13. The number of likely N-dealkylation sites (N-methyl/N-ethyl adjacent to an activating group) is 1. The second kappa shape index (κ2) is 5.43. The van der Waals surface area contributed by atoms with Crippen molar-refractivity contribution >= 4 is 0 Å². The van der Waals surface area contributed by atoms with Crippen LogP contribution in [-0.2, 0) is 6.54 Å². The van der Waals surface area contributed by atoms with Crippen LogP contribution in [0.25, 0.3) is 0 Å². The van der Waals surface area contributed by atoms with E-state index in [0.717, 1.165) is 25.7 Å². The fraction of sp³-hybridized carbons (Fsp3) is 0.688. The van der Waals surface area contributed by atoms with Gasteiger partial charge in [0.2, 0.25) is 0 Å². The van der Waals surface area contributed by atoms with Crippen molar-refractivity contribution in [2.24, 2.45) is 5.73 Å². The van der Waals surface area contributed by atoms with E-state index in [4.69, 9.17) is 5.73 Å². The molecule has 0 spiro atoms. The SMILES string of the molecule is CC1CC(CN)(N(C)Cc2cccnc2)CN1C1CC1. The highest BCUT2D eigenvalue weighted by atomic mass is 15.3. The highest BCUT2D eigenvalue weighted by molar-refractivity contribution is 5.12. The molecule has 2 atom stereocenters. The van der Waals surface area contributed by atoms with Crippen LogP contribution < -0.4 is 5.73 Å². The summed E-state index contributed by atoms with van der Waals surface area (Å²) in [4.78, 5) is 9.33. The van der Waals surface area contributed by atoms with Crippen molar-refractivity contribution < 1.29 is 0 Å². The Kier molecular flexibility index (Phi) is 3.80. The van der Waals surface area contributed by atoms with Gasteiger partial charge in [-0.25, -0.2) is 0 Å². The van der Waals surface area contributed by atoms with Crippen LogP contribution in [0, 0.1) is 0 Å². The van der Waals surface area contributed by atoms with Gasteiger partial charge in [-0.2, -0.15) is 0 Å². The van der Waals surface area contributed by atoms with E-state index in [9.17, 15) is 0 Å². The Balaban J connectivity index is 1.72. The molecule has 2 heterocycles. The summed E-state index contributed by atoms with van der Waals surface area (Å²) in [7, 11) is 2.21. The molecule has 2 unspecified atom stereocenters.